The van der Waals surface area contributed by atoms with Crippen molar-refractivity contribution >= 4 is 28.1 Å². The molecule has 3 rings (SSSR count). The number of benzene rings is 1. The van der Waals surface area contributed by atoms with Gasteiger partial charge in [-0.2, -0.15) is 0 Å². The molecule has 1 aliphatic heterocycles. The molecule has 0 saturated carbocycles. The topological polar surface area (TPSA) is 79.7 Å². The Balaban J connectivity index is 1.76. The molecule has 0 radical (unpaired) electrons. The van der Waals surface area contributed by atoms with Gasteiger partial charge in [-0.3, -0.25) is 9.59 Å². The molecule has 1 N–H and O–H groups in total. The maximum absolute atomic E-state index is 12.9. The van der Waals surface area contributed by atoms with Crippen molar-refractivity contribution in [3.63, 3.8) is 0 Å². The van der Waals surface area contributed by atoms with Crippen LogP contribution >= 0.6 is 15.9 Å². The minimum atomic E-state index is -0.117. The summed E-state index contributed by atoms with van der Waals surface area (Å²) < 4.78 is 6.30. The molecule has 6 nitrogen and oxygen atoms in total. The van der Waals surface area contributed by atoms with Crippen LogP contribution in [0.4, 0.5) is 0 Å². The molecule has 0 aliphatic carbocycles. The predicted octanol–water partition coefficient (Wildman–Crippen LogP) is 3.44. The number of carbonyl (C=O) groups excluding carboxylic acids is 2. The zero-order chi connectivity index (χ0) is 18.5. The monoisotopic (exact) mass is 418 g/mol. The number of piperidine rings is 1. The highest BCUT2D eigenvalue weighted by Gasteiger charge is 2.29. The summed E-state index contributed by atoms with van der Waals surface area (Å²) >= 11 is 3.33. The van der Waals surface area contributed by atoms with E-state index < -0.39 is 0 Å². The number of amides is 1. The molecule has 136 valence electrons. The van der Waals surface area contributed by atoms with E-state index in [1.165, 1.54) is 6.07 Å². The molecule has 1 fully saturated rings. The number of ether oxygens (including phenoxy) is 1. The smallest absolute Gasteiger partial charge is 0.256 e. The lowest BCUT2D eigenvalue weighted by atomic mass is 10.0. The van der Waals surface area contributed by atoms with Crippen molar-refractivity contribution in [1.82, 2.24) is 9.88 Å². The number of hydrogen-bond donors (Lipinski definition) is 1. The van der Waals surface area contributed by atoms with Crippen LogP contribution in [0.5, 0.6) is 11.5 Å². The minimum Gasteiger partial charge on any atom is -0.507 e. The van der Waals surface area contributed by atoms with Crippen LogP contribution < -0.4 is 4.74 Å². The molecular formula is C19H19BrN2O4. The van der Waals surface area contributed by atoms with Crippen LogP contribution in [0.1, 0.15) is 40.0 Å². The van der Waals surface area contributed by atoms with Gasteiger partial charge in [0.25, 0.3) is 5.91 Å². The lowest BCUT2D eigenvalue weighted by Gasteiger charge is -2.35. The Morgan fingerprint density at radius 3 is 2.96 bits per heavy atom. The summed E-state index contributed by atoms with van der Waals surface area (Å²) in [5.41, 5.74) is 0.640. The quantitative estimate of drug-likeness (QED) is 0.594. The van der Waals surface area contributed by atoms with Crippen molar-refractivity contribution in [2.45, 2.75) is 25.3 Å². The van der Waals surface area contributed by atoms with E-state index in [1.807, 2.05) is 0 Å². The Kier molecular flexibility index (Phi) is 5.88. The third kappa shape index (κ3) is 3.88. The van der Waals surface area contributed by atoms with Crippen LogP contribution in [0.15, 0.2) is 41.1 Å². The van der Waals surface area contributed by atoms with E-state index in [2.05, 4.69) is 20.9 Å². The number of carbonyl (C=O) groups is 2. The first kappa shape index (κ1) is 18.4. The van der Waals surface area contributed by atoms with Crippen LogP contribution in [0.3, 0.4) is 0 Å². The van der Waals surface area contributed by atoms with E-state index in [0.717, 1.165) is 19.3 Å². The van der Waals surface area contributed by atoms with E-state index in [-0.39, 0.29) is 29.9 Å². The van der Waals surface area contributed by atoms with Crippen LogP contribution in [0.2, 0.25) is 0 Å². The maximum atomic E-state index is 12.9. The van der Waals surface area contributed by atoms with Gasteiger partial charge in [-0.15, -0.1) is 0 Å². The molecule has 1 saturated heterocycles. The van der Waals surface area contributed by atoms with Gasteiger partial charge < -0.3 is 14.7 Å². The number of halogens is 1. The van der Waals surface area contributed by atoms with Crippen molar-refractivity contribution in [2.75, 3.05) is 13.2 Å². The third-order valence-electron chi connectivity index (χ3n) is 4.47. The van der Waals surface area contributed by atoms with Crippen LogP contribution in [-0.4, -0.2) is 46.4 Å². The van der Waals surface area contributed by atoms with Gasteiger partial charge in [-0.05, 0) is 59.5 Å². The summed E-state index contributed by atoms with van der Waals surface area (Å²) in [6, 6.07) is 8.06. The standard InChI is InChI=1S/C19H19BrN2O4/c20-18-14(6-4-9-21-18)19(25)22-10-2-1-5-13(22)12-26-17-8-3-7-16(24)15(17)11-23/h3-4,6-9,11,13,24H,1-2,5,10,12H2. The van der Waals surface area contributed by atoms with E-state index in [9.17, 15) is 14.7 Å². The first-order chi connectivity index (χ1) is 12.6. The molecule has 1 amide bonds. The number of likely N-dealkylation sites (tertiary alicyclic amines) is 1. The minimum absolute atomic E-state index is 0.0928. The number of phenolic OH excluding ortho intramolecular Hbond substituents is 1. The van der Waals surface area contributed by atoms with E-state index in [1.54, 1.807) is 35.4 Å². The second-order valence-electron chi connectivity index (χ2n) is 6.11. The average molecular weight is 419 g/mol. The lowest BCUT2D eigenvalue weighted by Crippen LogP contribution is -2.46. The molecule has 1 aromatic carbocycles. The Hall–Kier alpha value is -2.41. The molecule has 0 spiro atoms. The molecule has 0 bridgehead atoms. The molecule has 1 atom stereocenters. The van der Waals surface area contributed by atoms with Gasteiger partial charge in [0.15, 0.2) is 6.29 Å². The molecule has 26 heavy (non-hydrogen) atoms. The first-order valence-corrected chi connectivity index (χ1v) is 9.22. The summed E-state index contributed by atoms with van der Waals surface area (Å²) in [6.45, 7) is 0.905. The highest BCUT2D eigenvalue weighted by atomic mass is 79.9. The maximum Gasteiger partial charge on any atom is 0.256 e. The fraction of sp³-hybridized carbons (Fsp3) is 0.316. The van der Waals surface area contributed by atoms with Gasteiger partial charge in [0.1, 0.15) is 22.7 Å². The van der Waals surface area contributed by atoms with Crippen molar-refractivity contribution < 1.29 is 19.4 Å². The Morgan fingerprint density at radius 2 is 2.19 bits per heavy atom. The second kappa shape index (κ2) is 8.31. The van der Waals surface area contributed by atoms with Gasteiger partial charge in [0, 0.05) is 12.7 Å². The van der Waals surface area contributed by atoms with Crippen LogP contribution in [-0.2, 0) is 0 Å². The van der Waals surface area contributed by atoms with Gasteiger partial charge >= 0.3 is 0 Å². The Bertz CT molecular complexity index is 812. The predicted molar refractivity (Wildman–Crippen MR) is 99.6 cm³/mol. The number of rotatable bonds is 5. The first-order valence-electron chi connectivity index (χ1n) is 8.43. The molecule has 7 heteroatoms. The highest BCUT2D eigenvalue weighted by Crippen LogP contribution is 2.27. The van der Waals surface area contributed by atoms with E-state index in [4.69, 9.17) is 4.74 Å². The number of aromatic nitrogens is 1. The zero-order valence-corrected chi connectivity index (χ0v) is 15.7. The number of phenols is 1. The number of hydrogen-bond acceptors (Lipinski definition) is 5. The normalized spacial score (nSPS) is 17.0. The largest absolute Gasteiger partial charge is 0.507 e. The van der Waals surface area contributed by atoms with Crippen LogP contribution in [0.25, 0.3) is 0 Å². The summed E-state index contributed by atoms with van der Waals surface area (Å²) in [6.07, 6.45) is 4.96. The van der Waals surface area contributed by atoms with Gasteiger partial charge in [0.05, 0.1) is 17.2 Å². The van der Waals surface area contributed by atoms with Gasteiger partial charge in [-0.25, -0.2) is 4.98 Å². The van der Waals surface area contributed by atoms with Gasteiger partial charge in [0.2, 0.25) is 0 Å². The SMILES string of the molecule is O=Cc1c(O)cccc1OCC1CCCCN1C(=O)c1cccnc1Br. The molecule has 1 aromatic heterocycles. The number of nitrogens with zero attached hydrogens (tertiary/aromatic N) is 2. The van der Waals surface area contributed by atoms with E-state index >= 15 is 0 Å². The molecule has 1 unspecified atom stereocenters. The average Bonchev–Trinajstić information content (AvgIpc) is 2.66. The fourth-order valence-corrected chi connectivity index (χ4v) is 3.52. The Morgan fingerprint density at radius 1 is 1.35 bits per heavy atom. The molecule has 2 heterocycles. The highest BCUT2D eigenvalue weighted by molar-refractivity contribution is 9.10. The lowest BCUT2D eigenvalue weighted by molar-refractivity contribution is 0.0525. The number of aldehydes is 1. The second-order valence-corrected chi connectivity index (χ2v) is 6.86. The molecule has 2 aromatic rings. The molecule has 1 aliphatic rings. The number of aromatic hydroxyl groups is 1. The van der Waals surface area contributed by atoms with E-state index in [0.29, 0.717) is 28.7 Å². The fourth-order valence-electron chi connectivity index (χ4n) is 3.10. The van der Waals surface area contributed by atoms with Crippen molar-refractivity contribution in [1.29, 1.82) is 0 Å². The van der Waals surface area contributed by atoms with Crippen LogP contribution in [0, 0.1) is 0 Å². The molecular weight excluding hydrogens is 400 g/mol. The van der Waals surface area contributed by atoms with Crippen molar-refractivity contribution in [3.8, 4) is 11.5 Å². The van der Waals surface area contributed by atoms with Crippen molar-refractivity contribution in [3.05, 3.63) is 52.3 Å². The summed E-state index contributed by atoms with van der Waals surface area (Å²) in [5, 5.41) is 9.76. The van der Waals surface area contributed by atoms with Gasteiger partial charge in [-0.1, -0.05) is 6.07 Å². The summed E-state index contributed by atoms with van der Waals surface area (Å²) in [5.74, 6) is 0.110. The number of pyridine rings is 1. The Labute approximate surface area is 159 Å². The summed E-state index contributed by atoms with van der Waals surface area (Å²) in [7, 11) is 0. The summed E-state index contributed by atoms with van der Waals surface area (Å²) in [4.78, 5) is 30.0. The zero-order valence-electron chi connectivity index (χ0n) is 14.1. The van der Waals surface area contributed by atoms with Crippen molar-refractivity contribution in [2.24, 2.45) is 0 Å². The third-order valence-corrected chi connectivity index (χ3v) is 5.10.